The molecule has 1 aromatic rings. The molecule has 0 saturated heterocycles. The zero-order valence-corrected chi connectivity index (χ0v) is 14.9. The minimum atomic E-state index is -1.25. The Morgan fingerprint density at radius 1 is 1.25 bits per heavy atom. The van der Waals surface area contributed by atoms with Gasteiger partial charge in [-0.3, -0.25) is 4.48 Å². The summed E-state index contributed by atoms with van der Waals surface area (Å²) in [6, 6.07) is 7.60. The molecule has 0 radical (unpaired) electrons. The highest BCUT2D eigenvalue weighted by molar-refractivity contribution is 14.0. The summed E-state index contributed by atoms with van der Waals surface area (Å²) in [7, 11) is 1.29. The standard InChI is InChI=1S/C12H19NO.C2H5NO2.HI/c1-4-13(5-2,6-3)11-8-7-9-12(14)10-11;1-3-2(4)5;/h7-10H,4-6H2,1-3H3;3H,1H3,(H,4,5);1H. The van der Waals surface area contributed by atoms with Crippen molar-refractivity contribution in [2.75, 3.05) is 26.7 Å². The normalized spacial score (nSPS) is 9.80. The van der Waals surface area contributed by atoms with Gasteiger partial charge >= 0.3 is 0 Å². The maximum atomic E-state index is 9.45. The summed E-state index contributed by atoms with van der Waals surface area (Å²) in [5, 5.41) is 20.4. The van der Waals surface area contributed by atoms with Crippen LogP contribution in [0.25, 0.3) is 0 Å². The molecule has 0 aromatic heterocycles. The third kappa shape index (κ3) is 6.42. The van der Waals surface area contributed by atoms with Gasteiger partial charge in [-0.2, -0.15) is 0 Å². The van der Waals surface area contributed by atoms with Gasteiger partial charge in [-0.1, -0.05) is 6.07 Å². The third-order valence-corrected chi connectivity index (χ3v) is 3.40. The van der Waals surface area contributed by atoms with Gasteiger partial charge in [0, 0.05) is 13.1 Å². The lowest BCUT2D eigenvalue weighted by Gasteiger charge is -2.35. The molecule has 2 N–H and O–H groups in total. The summed E-state index contributed by atoms with van der Waals surface area (Å²) in [5.74, 6) is 0.361. The Labute approximate surface area is 138 Å². The molecule has 116 valence electrons. The van der Waals surface area contributed by atoms with Crippen molar-refractivity contribution in [1.29, 1.82) is 0 Å². The number of rotatable bonds is 4. The average molecular weight is 396 g/mol. The molecule has 0 unspecified atom stereocenters. The van der Waals surface area contributed by atoms with Crippen molar-refractivity contribution in [3.05, 3.63) is 24.3 Å². The van der Waals surface area contributed by atoms with Crippen LogP contribution in [0.5, 0.6) is 5.75 Å². The van der Waals surface area contributed by atoms with E-state index in [0.717, 1.165) is 24.1 Å². The van der Waals surface area contributed by atoms with E-state index < -0.39 is 6.09 Å². The van der Waals surface area contributed by atoms with Crippen molar-refractivity contribution in [3.8, 4) is 5.75 Å². The summed E-state index contributed by atoms with van der Waals surface area (Å²) in [6.07, 6.45) is -1.25. The minimum Gasteiger partial charge on any atom is -0.530 e. The number of nitrogens with one attached hydrogen (secondary N) is 1. The molecule has 0 aliphatic carbocycles. The summed E-state index contributed by atoms with van der Waals surface area (Å²) >= 11 is 0. The van der Waals surface area contributed by atoms with Crippen molar-refractivity contribution < 1.29 is 15.0 Å². The molecule has 5 nitrogen and oxygen atoms in total. The predicted octanol–water partition coefficient (Wildman–Crippen LogP) is 1.93. The van der Waals surface area contributed by atoms with Crippen LogP contribution in [0.4, 0.5) is 10.5 Å². The lowest BCUT2D eigenvalue weighted by atomic mass is 10.2. The third-order valence-electron chi connectivity index (χ3n) is 3.40. The number of carbonyl (C=O) groups excluding carboxylic acids is 1. The average Bonchev–Trinajstić information content (AvgIpc) is 2.42. The number of benzene rings is 1. The van der Waals surface area contributed by atoms with Crippen LogP contribution < -0.4 is 14.9 Å². The van der Waals surface area contributed by atoms with Gasteiger partial charge in [0.05, 0.1) is 19.6 Å². The molecule has 0 spiro atoms. The Balaban J connectivity index is 0. The smallest absolute Gasteiger partial charge is 0.136 e. The second kappa shape index (κ2) is 10.7. The lowest BCUT2D eigenvalue weighted by Crippen LogP contribution is -2.48. The summed E-state index contributed by atoms with van der Waals surface area (Å²) in [4.78, 5) is 9.15. The van der Waals surface area contributed by atoms with Gasteiger partial charge in [-0.25, -0.2) is 0 Å². The maximum Gasteiger partial charge on any atom is 0.136 e. The number of nitrogens with zero attached hydrogens (tertiary/aromatic N) is 1. The van der Waals surface area contributed by atoms with Crippen LogP contribution in [0.2, 0.25) is 0 Å². The first-order valence-corrected chi connectivity index (χ1v) is 6.50. The van der Waals surface area contributed by atoms with Crippen LogP contribution >= 0.6 is 24.0 Å². The molecule has 1 amide bonds. The highest BCUT2D eigenvalue weighted by Crippen LogP contribution is 2.26. The first kappa shape index (κ1) is 21.3. The van der Waals surface area contributed by atoms with Gasteiger partial charge in [-0.05, 0) is 32.9 Å². The second-order valence-corrected chi connectivity index (χ2v) is 4.15. The summed E-state index contributed by atoms with van der Waals surface area (Å²) < 4.78 is 0.939. The molecular formula is C14H25IN2O3. The fourth-order valence-corrected chi connectivity index (χ4v) is 2.01. The zero-order valence-electron chi connectivity index (χ0n) is 12.5. The van der Waals surface area contributed by atoms with Crippen LogP contribution in [-0.2, 0) is 0 Å². The van der Waals surface area contributed by atoms with E-state index in [2.05, 4.69) is 26.8 Å². The number of amides is 1. The van der Waals surface area contributed by atoms with Crippen molar-refractivity contribution in [2.24, 2.45) is 0 Å². The SMILES string of the molecule is CC[N+](CC)(CC)c1cccc(O)c1.CNC(=O)[O-].I. The molecule has 6 heteroatoms. The highest BCUT2D eigenvalue weighted by atomic mass is 127. The minimum absolute atomic E-state index is 0. The number of phenolic OH excluding ortho intramolecular Hbond substituents is 1. The van der Waals surface area contributed by atoms with E-state index in [1.165, 1.54) is 12.7 Å². The lowest BCUT2D eigenvalue weighted by molar-refractivity contribution is -0.250. The molecule has 0 aliphatic rings. The van der Waals surface area contributed by atoms with E-state index in [1.807, 2.05) is 17.4 Å². The van der Waals surface area contributed by atoms with E-state index in [1.54, 1.807) is 6.07 Å². The molecule has 0 atom stereocenters. The van der Waals surface area contributed by atoms with Gasteiger partial charge in [0.2, 0.25) is 0 Å². The molecular weight excluding hydrogens is 371 g/mol. The summed E-state index contributed by atoms with van der Waals surface area (Å²) in [5.41, 5.74) is 1.21. The predicted molar refractivity (Wildman–Crippen MR) is 91.4 cm³/mol. The first-order chi connectivity index (χ1) is 8.95. The number of phenols is 1. The van der Waals surface area contributed by atoms with Gasteiger partial charge in [0.15, 0.2) is 0 Å². The molecule has 0 heterocycles. The molecule has 1 rings (SSSR count). The van der Waals surface area contributed by atoms with E-state index >= 15 is 0 Å². The fourth-order valence-electron chi connectivity index (χ4n) is 2.01. The summed E-state index contributed by atoms with van der Waals surface area (Å²) in [6.45, 7) is 9.77. The fraction of sp³-hybridized carbons (Fsp3) is 0.500. The molecule has 20 heavy (non-hydrogen) atoms. The molecule has 0 bridgehead atoms. The Hall–Kier alpha value is -1.02. The molecule has 1 aromatic carbocycles. The first-order valence-electron chi connectivity index (χ1n) is 6.50. The number of hydrogen-bond acceptors (Lipinski definition) is 3. The van der Waals surface area contributed by atoms with Crippen molar-refractivity contribution in [1.82, 2.24) is 9.80 Å². The zero-order chi connectivity index (χ0) is 14.9. The van der Waals surface area contributed by atoms with Crippen LogP contribution in [0.15, 0.2) is 24.3 Å². The monoisotopic (exact) mass is 396 g/mol. The van der Waals surface area contributed by atoms with E-state index in [-0.39, 0.29) is 24.0 Å². The topological polar surface area (TPSA) is 72.4 Å². The van der Waals surface area contributed by atoms with E-state index in [4.69, 9.17) is 9.90 Å². The number of aromatic hydroxyl groups is 1. The Kier molecular flexibility index (Phi) is 11.4. The largest absolute Gasteiger partial charge is 0.530 e. The molecule has 0 fully saturated rings. The van der Waals surface area contributed by atoms with Crippen LogP contribution in [0.3, 0.4) is 0 Å². The number of carboxylic acid groups (broad SMARTS) is 1. The van der Waals surface area contributed by atoms with Gasteiger partial charge < -0.3 is 20.3 Å². The number of hydrogen-bond donors (Lipinski definition) is 2. The Morgan fingerprint density at radius 3 is 2.00 bits per heavy atom. The highest BCUT2D eigenvalue weighted by Gasteiger charge is 2.24. The Morgan fingerprint density at radius 2 is 1.70 bits per heavy atom. The molecule has 0 saturated carbocycles. The Bertz CT molecular complexity index is 387. The number of quaternary nitrogens is 1. The number of carbonyl (C=O) groups is 1. The van der Waals surface area contributed by atoms with Crippen LogP contribution in [-0.4, -0.2) is 37.9 Å². The van der Waals surface area contributed by atoms with Crippen LogP contribution in [0.1, 0.15) is 20.8 Å². The molecule has 0 aliphatic heterocycles. The van der Waals surface area contributed by atoms with Crippen molar-refractivity contribution >= 4 is 35.8 Å². The van der Waals surface area contributed by atoms with Crippen molar-refractivity contribution in [3.63, 3.8) is 0 Å². The van der Waals surface area contributed by atoms with Gasteiger partial charge in [0.25, 0.3) is 0 Å². The van der Waals surface area contributed by atoms with Crippen molar-refractivity contribution in [2.45, 2.75) is 20.8 Å². The quantitative estimate of drug-likeness (QED) is 0.604. The number of halogens is 1. The maximum absolute atomic E-state index is 9.45. The van der Waals surface area contributed by atoms with Gasteiger partial charge in [-0.15, -0.1) is 24.0 Å². The van der Waals surface area contributed by atoms with Gasteiger partial charge in [0.1, 0.15) is 17.5 Å². The van der Waals surface area contributed by atoms with Crippen LogP contribution in [0, 0.1) is 0 Å². The second-order valence-electron chi connectivity index (χ2n) is 4.15. The van der Waals surface area contributed by atoms with E-state index in [0.29, 0.717) is 5.75 Å². The van der Waals surface area contributed by atoms with E-state index in [9.17, 15) is 5.11 Å².